The van der Waals surface area contributed by atoms with Gasteiger partial charge in [-0.3, -0.25) is 9.59 Å². The minimum Gasteiger partial charge on any atom is -0.480 e. The van der Waals surface area contributed by atoms with Crippen LogP contribution < -0.4 is 10.6 Å². The first kappa shape index (κ1) is 18.7. The molecule has 0 fully saturated rings. The van der Waals surface area contributed by atoms with E-state index in [2.05, 4.69) is 10.6 Å². The monoisotopic (exact) mass is 320 g/mol. The van der Waals surface area contributed by atoms with E-state index in [9.17, 15) is 14.4 Å². The Bertz CT molecular complexity index is 569. The summed E-state index contributed by atoms with van der Waals surface area (Å²) in [6.45, 7) is 5.45. The summed E-state index contributed by atoms with van der Waals surface area (Å²) in [4.78, 5) is 34.7. The highest BCUT2D eigenvalue weighted by Crippen LogP contribution is 2.07. The summed E-state index contributed by atoms with van der Waals surface area (Å²) in [5, 5.41) is 14.0. The number of nitrogens with one attached hydrogen (secondary N) is 2. The van der Waals surface area contributed by atoms with Gasteiger partial charge in [-0.15, -0.1) is 0 Å². The van der Waals surface area contributed by atoms with E-state index in [4.69, 9.17) is 5.11 Å². The summed E-state index contributed by atoms with van der Waals surface area (Å²) in [5.41, 5.74) is 1.91. The van der Waals surface area contributed by atoms with Crippen molar-refractivity contribution >= 4 is 17.8 Å². The van der Waals surface area contributed by atoms with Gasteiger partial charge < -0.3 is 15.7 Å². The molecule has 0 aromatic heterocycles. The lowest BCUT2D eigenvalue weighted by Gasteiger charge is -2.16. The minimum absolute atomic E-state index is 0.145. The summed E-state index contributed by atoms with van der Waals surface area (Å²) in [6.07, 6.45) is 0.534. The molecule has 1 aromatic carbocycles. The summed E-state index contributed by atoms with van der Waals surface area (Å²) in [7, 11) is 0. The van der Waals surface area contributed by atoms with Gasteiger partial charge in [0, 0.05) is 0 Å². The number of carbonyl (C=O) groups excluding carboxylic acids is 2. The fourth-order valence-electron chi connectivity index (χ4n) is 2.16. The number of carboxylic acids is 1. The lowest BCUT2D eigenvalue weighted by molar-refractivity contribution is -0.142. The van der Waals surface area contributed by atoms with E-state index in [1.54, 1.807) is 0 Å². The largest absolute Gasteiger partial charge is 0.480 e. The lowest BCUT2D eigenvalue weighted by Crippen LogP contribution is -2.46. The van der Waals surface area contributed by atoms with Crippen molar-refractivity contribution in [2.75, 3.05) is 6.54 Å². The topological polar surface area (TPSA) is 95.5 Å². The summed E-state index contributed by atoms with van der Waals surface area (Å²) < 4.78 is 0. The van der Waals surface area contributed by atoms with Crippen LogP contribution in [-0.2, 0) is 20.8 Å². The SMILES string of the molecule is Cc1ccccc1CC(=O)NCC(=O)N[C@@H](CC(C)C)C(=O)O. The standard InChI is InChI=1S/C17H24N2O4/c1-11(2)8-14(17(22)23)19-16(21)10-18-15(20)9-13-7-5-4-6-12(13)3/h4-7,11,14H,8-10H2,1-3H3,(H,18,20)(H,19,21)(H,22,23)/t14-/m0/s1. The number of aryl methyl sites for hydroxylation is 1. The van der Waals surface area contributed by atoms with E-state index in [0.29, 0.717) is 6.42 Å². The zero-order chi connectivity index (χ0) is 17.4. The third-order valence-electron chi connectivity index (χ3n) is 3.40. The second-order valence-corrected chi connectivity index (χ2v) is 5.97. The molecule has 126 valence electrons. The Morgan fingerprint density at radius 1 is 1.13 bits per heavy atom. The van der Waals surface area contributed by atoms with Crippen molar-refractivity contribution in [2.24, 2.45) is 5.92 Å². The van der Waals surface area contributed by atoms with Gasteiger partial charge in [-0.05, 0) is 30.4 Å². The van der Waals surface area contributed by atoms with Crippen molar-refractivity contribution in [3.05, 3.63) is 35.4 Å². The summed E-state index contributed by atoms with van der Waals surface area (Å²) >= 11 is 0. The van der Waals surface area contributed by atoms with Crippen LogP contribution in [0, 0.1) is 12.8 Å². The predicted octanol–water partition coefficient (Wildman–Crippen LogP) is 1.27. The molecule has 0 radical (unpaired) electrons. The molecular weight excluding hydrogens is 296 g/mol. The first-order valence-electron chi connectivity index (χ1n) is 7.63. The van der Waals surface area contributed by atoms with Crippen LogP contribution in [0.15, 0.2) is 24.3 Å². The van der Waals surface area contributed by atoms with E-state index in [1.165, 1.54) is 0 Å². The van der Waals surface area contributed by atoms with Gasteiger partial charge in [0.25, 0.3) is 0 Å². The maximum Gasteiger partial charge on any atom is 0.326 e. The number of hydrogen-bond donors (Lipinski definition) is 3. The number of carbonyl (C=O) groups is 3. The van der Waals surface area contributed by atoms with Gasteiger partial charge in [0.1, 0.15) is 6.04 Å². The Morgan fingerprint density at radius 2 is 1.78 bits per heavy atom. The highest BCUT2D eigenvalue weighted by molar-refractivity contribution is 5.88. The Kier molecular flexibility index (Phi) is 7.25. The molecule has 0 saturated carbocycles. The van der Waals surface area contributed by atoms with E-state index >= 15 is 0 Å². The van der Waals surface area contributed by atoms with Crippen LogP contribution in [-0.4, -0.2) is 35.5 Å². The minimum atomic E-state index is -1.07. The van der Waals surface area contributed by atoms with Crippen molar-refractivity contribution in [3.63, 3.8) is 0 Å². The van der Waals surface area contributed by atoms with Gasteiger partial charge in [-0.2, -0.15) is 0 Å². The van der Waals surface area contributed by atoms with E-state index in [-0.39, 0.29) is 24.8 Å². The van der Waals surface area contributed by atoms with Crippen LogP contribution >= 0.6 is 0 Å². The van der Waals surface area contributed by atoms with Crippen LogP contribution in [0.2, 0.25) is 0 Å². The second kappa shape index (κ2) is 8.92. The molecule has 23 heavy (non-hydrogen) atoms. The van der Waals surface area contributed by atoms with E-state index in [0.717, 1.165) is 11.1 Å². The van der Waals surface area contributed by atoms with Crippen LogP contribution in [0.1, 0.15) is 31.4 Å². The first-order valence-corrected chi connectivity index (χ1v) is 7.63. The maximum absolute atomic E-state index is 11.9. The maximum atomic E-state index is 11.9. The van der Waals surface area contributed by atoms with Crippen molar-refractivity contribution in [2.45, 2.75) is 39.7 Å². The molecule has 0 bridgehead atoms. The average Bonchev–Trinajstić information content (AvgIpc) is 2.46. The molecule has 0 saturated heterocycles. The molecule has 0 aliphatic heterocycles. The molecule has 0 aliphatic rings. The Hall–Kier alpha value is -2.37. The molecular formula is C17H24N2O4. The summed E-state index contributed by atoms with van der Waals surface area (Å²) in [5.74, 6) is -1.70. The fourth-order valence-corrected chi connectivity index (χ4v) is 2.16. The van der Waals surface area contributed by atoms with E-state index < -0.39 is 17.9 Å². The molecule has 0 spiro atoms. The molecule has 3 N–H and O–H groups in total. The Labute approximate surface area is 136 Å². The average molecular weight is 320 g/mol. The predicted molar refractivity (Wildman–Crippen MR) is 86.9 cm³/mol. The third-order valence-corrected chi connectivity index (χ3v) is 3.40. The highest BCUT2D eigenvalue weighted by atomic mass is 16.4. The van der Waals surface area contributed by atoms with Crippen molar-refractivity contribution in [1.82, 2.24) is 10.6 Å². The van der Waals surface area contributed by atoms with Crippen molar-refractivity contribution < 1.29 is 19.5 Å². The van der Waals surface area contributed by atoms with Gasteiger partial charge in [-0.1, -0.05) is 38.1 Å². The number of amides is 2. The van der Waals surface area contributed by atoms with Crippen molar-refractivity contribution in [1.29, 1.82) is 0 Å². The number of hydrogen-bond acceptors (Lipinski definition) is 3. The molecule has 2 amide bonds. The molecule has 0 heterocycles. The van der Waals surface area contributed by atoms with Gasteiger partial charge in [-0.25, -0.2) is 4.79 Å². The number of carboxylic acid groups (broad SMARTS) is 1. The Balaban J connectivity index is 2.44. The first-order chi connectivity index (χ1) is 10.8. The smallest absolute Gasteiger partial charge is 0.326 e. The number of rotatable bonds is 8. The van der Waals surface area contributed by atoms with Gasteiger partial charge in [0.15, 0.2) is 0 Å². The molecule has 6 heteroatoms. The molecule has 1 aromatic rings. The molecule has 0 unspecified atom stereocenters. The van der Waals surface area contributed by atoms with Gasteiger partial charge in [0.05, 0.1) is 13.0 Å². The second-order valence-electron chi connectivity index (χ2n) is 5.97. The Morgan fingerprint density at radius 3 is 2.35 bits per heavy atom. The van der Waals surface area contributed by atoms with Gasteiger partial charge in [0.2, 0.25) is 11.8 Å². The van der Waals surface area contributed by atoms with Crippen LogP contribution in [0.3, 0.4) is 0 Å². The van der Waals surface area contributed by atoms with Crippen LogP contribution in [0.5, 0.6) is 0 Å². The third kappa shape index (κ3) is 6.95. The van der Waals surface area contributed by atoms with Gasteiger partial charge >= 0.3 is 5.97 Å². The fraction of sp³-hybridized carbons (Fsp3) is 0.471. The molecule has 0 aliphatic carbocycles. The molecule has 1 atom stereocenters. The number of aliphatic carboxylic acids is 1. The van der Waals surface area contributed by atoms with Crippen LogP contribution in [0.25, 0.3) is 0 Å². The molecule has 6 nitrogen and oxygen atoms in total. The highest BCUT2D eigenvalue weighted by Gasteiger charge is 2.21. The zero-order valence-electron chi connectivity index (χ0n) is 13.8. The molecule has 1 rings (SSSR count). The van der Waals surface area contributed by atoms with Crippen LogP contribution in [0.4, 0.5) is 0 Å². The summed E-state index contributed by atoms with van der Waals surface area (Å²) in [6, 6.07) is 6.59. The number of benzene rings is 1. The van der Waals surface area contributed by atoms with E-state index in [1.807, 2.05) is 45.0 Å². The quantitative estimate of drug-likeness (QED) is 0.672. The normalized spacial score (nSPS) is 11.8. The van der Waals surface area contributed by atoms with Crippen molar-refractivity contribution in [3.8, 4) is 0 Å². The lowest BCUT2D eigenvalue weighted by atomic mass is 10.0. The zero-order valence-corrected chi connectivity index (χ0v) is 13.8.